The molecule has 14 heavy (non-hydrogen) atoms. The van der Waals surface area contributed by atoms with Crippen LogP contribution in [0.2, 0.25) is 0 Å². The SMILES string of the molecule is CC(C)C(CCc1cnn(C)c1)NN. The molecular formula is C10H20N4. The minimum absolute atomic E-state index is 0.384. The lowest BCUT2D eigenvalue weighted by atomic mass is 9.98. The van der Waals surface area contributed by atoms with E-state index in [1.165, 1.54) is 5.56 Å². The zero-order valence-electron chi connectivity index (χ0n) is 9.20. The minimum Gasteiger partial charge on any atom is -0.276 e. The van der Waals surface area contributed by atoms with Crippen LogP contribution < -0.4 is 11.3 Å². The fourth-order valence-corrected chi connectivity index (χ4v) is 1.53. The number of hydrazine groups is 1. The predicted molar refractivity (Wildman–Crippen MR) is 57.5 cm³/mol. The largest absolute Gasteiger partial charge is 0.276 e. The average molecular weight is 196 g/mol. The Kier molecular flexibility index (Phi) is 4.10. The van der Waals surface area contributed by atoms with Gasteiger partial charge in [0.05, 0.1) is 6.20 Å². The summed E-state index contributed by atoms with van der Waals surface area (Å²) in [6.45, 7) is 4.35. The first-order chi connectivity index (χ1) is 6.63. The molecule has 80 valence electrons. The van der Waals surface area contributed by atoms with Crippen LogP contribution in [0.3, 0.4) is 0 Å². The quantitative estimate of drug-likeness (QED) is 0.542. The number of rotatable bonds is 5. The van der Waals surface area contributed by atoms with Crippen LogP contribution in [-0.4, -0.2) is 15.8 Å². The van der Waals surface area contributed by atoms with Gasteiger partial charge in [0.25, 0.3) is 0 Å². The van der Waals surface area contributed by atoms with Crippen molar-refractivity contribution < 1.29 is 0 Å². The van der Waals surface area contributed by atoms with Crippen LogP contribution >= 0.6 is 0 Å². The lowest BCUT2D eigenvalue weighted by molar-refractivity contribution is 0.384. The molecule has 4 heteroatoms. The van der Waals surface area contributed by atoms with Gasteiger partial charge < -0.3 is 0 Å². The zero-order valence-corrected chi connectivity index (χ0v) is 9.20. The summed E-state index contributed by atoms with van der Waals surface area (Å²) in [4.78, 5) is 0. The topological polar surface area (TPSA) is 55.9 Å². The molecule has 0 aliphatic carbocycles. The van der Waals surface area contributed by atoms with Gasteiger partial charge in [0.1, 0.15) is 0 Å². The Bertz CT molecular complexity index is 267. The van der Waals surface area contributed by atoms with Crippen molar-refractivity contribution >= 4 is 0 Å². The third-order valence-corrected chi connectivity index (χ3v) is 2.52. The monoisotopic (exact) mass is 196 g/mol. The standard InChI is InChI=1S/C10H20N4/c1-8(2)10(13-11)5-4-9-6-12-14(3)7-9/h6-8,10,13H,4-5,11H2,1-3H3. The molecule has 4 nitrogen and oxygen atoms in total. The number of nitrogens with one attached hydrogen (secondary N) is 1. The first-order valence-electron chi connectivity index (χ1n) is 5.07. The maximum atomic E-state index is 5.47. The van der Waals surface area contributed by atoms with Gasteiger partial charge in [-0.2, -0.15) is 5.10 Å². The normalized spacial score (nSPS) is 13.5. The lowest BCUT2D eigenvalue weighted by Gasteiger charge is -2.18. The molecule has 0 amide bonds. The minimum atomic E-state index is 0.384. The van der Waals surface area contributed by atoms with Crippen molar-refractivity contribution in [2.75, 3.05) is 0 Å². The van der Waals surface area contributed by atoms with E-state index in [1.54, 1.807) is 0 Å². The predicted octanol–water partition coefficient (Wildman–Crippen LogP) is 0.841. The van der Waals surface area contributed by atoms with E-state index >= 15 is 0 Å². The molecule has 0 fully saturated rings. The number of nitrogens with zero attached hydrogens (tertiary/aromatic N) is 2. The summed E-state index contributed by atoms with van der Waals surface area (Å²) < 4.78 is 1.83. The summed E-state index contributed by atoms with van der Waals surface area (Å²) in [7, 11) is 1.94. The highest BCUT2D eigenvalue weighted by atomic mass is 15.2. The Morgan fingerprint density at radius 2 is 2.29 bits per heavy atom. The van der Waals surface area contributed by atoms with Crippen molar-refractivity contribution in [3.63, 3.8) is 0 Å². The zero-order chi connectivity index (χ0) is 10.6. The molecule has 1 atom stereocenters. The van der Waals surface area contributed by atoms with Gasteiger partial charge in [0, 0.05) is 19.3 Å². The molecule has 0 bridgehead atoms. The second-order valence-corrected chi connectivity index (χ2v) is 4.08. The molecule has 1 aromatic rings. The van der Waals surface area contributed by atoms with Crippen LogP contribution in [0.15, 0.2) is 12.4 Å². The van der Waals surface area contributed by atoms with E-state index in [0.717, 1.165) is 12.8 Å². The highest BCUT2D eigenvalue weighted by molar-refractivity contribution is 5.03. The van der Waals surface area contributed by atoms with Crippen molar-refractivity contribution in [2.45, 2.75) is 32.7 Å². The third kappa shape index (κ3) is 3.12. The molecule has 0 aliphatic rings. The maximum absolute atomic E-state index is 5.47. The third-order valence-electron chi connectivity index (χ3n) is 2.52. The van der Waals surface area contributed by atoms with Crippen LogP contribution in [0.4, 0.5) is 0 Å². The number of nitrogens with two attached hydrogens (primary N) is 1. The lowest BCUT2D eigenvalue weighted by Crippen LogP contribution is -2.39. The van der Waals surface area contributed by atoms with E-state index < -0.39 is 0 Å². The molecule has 1 heterocycles. The van der Waals surface area contributed by atoms with Crippen molar-refractivity contribution in [2.24, 2.45) is 18.8 Å². The molecule has 0 saturated carbocycles. The average Bonchev–Trinajstić information content (AvgIpc) is 2.52. The fraction of sp³-hybridized carbons (Fsp3) is 0.700. The van der Waals surface area contributed by atoms with Crippen LogP contribution in [-0.2, 0) is 13.5 Å². The van der Waals surface area contributed by atoms with Crippen LogP contribution in [0.1, 0.15) is 25.8 Å². The van der Waals surface area contributed by atoms with E-state index in [1.807, 2.05) is 24.1 Å². The molecule has 0 saturated heterocycles. The molecule has 0 aliphatic heterocycles. The van der Waals surface area contributed by atoms with Gasteiger partial charge >= 0.3 is 0 Å². The van der Waals surface area contributed by atoms with Crippen molar-refractivity contribution in [1.29, 1.82) is 0 Å². The van der Waals surface area contributed by atoms with E-state index in [-0.39, 0.29) is 0 Å². The van der Waals surface area contributed by atoms with E-state index in [4.69, 9.17) is 5.84 Å². The second-order valence-electron chi connectivity index (χ2n) is 4.08. The van der Waals surface area contributed by atoms with Gasteiger partial charge in [0.15, 0.2) is 0 Å². The number of aryl methyl sites for hydroxylation is 2. The Balaban J connectivity index is 2.39. The summed E-state index contributed by atoms with van der Waals surface area (Å²) in [5, 5.41) is 4.13. The molecular weight excluding hydrogens is 176 g/mol. The van der Waals surface area contributed by atoms with Crippen molar-refractivity contribution in [3.8, 4) is 0 Å². The van der Waals surface area contributed by atoms with Crippen LogP contribution in [0.25, 0.3) is 0 Å². The summed E-state index contributed by atoms with van der Waals surface area (Å²) in [6.07, 6.45) is 6.04. The number of hydrogen-bond donors (Lipinski definition) is 2. The van der Waals surface area contributed by atoms with Gasteiger partial charge in [-0.1, -0.05) is 13.8 Å². The molecule has 3 N–H and O–H groups in total. The highest BCUT2D eigenvalue weighted by Crippen LogP contribution is 2.09. The Hall–Kier alpha value is -0.870. The molecule has 0 spiro atoms. The molecule has 1 rings (SSSR count). The van der Waals surface area contributed by atoms with Crippen LogP contribution in [0.5, 0.6) is 0 Å². The van der Waals surface area contributed by atoms with Crippen LogP contribution in [0, 0.1) is 5.92 Å². The van der Waals surface area contributed by atoms with Gasteiger partial charge in [-0.25, -0.2) is 0 Å². The number of aromatic nitrogens is 2. The first-order valence-corrected chi connectivity index (χ1v) is 5.07. The molecule has 1 aromatic heterocycles. The summed E-state index contributed by atoms with van der Waals surface area (Å²) >= 11 is 0. The number of hydrogen-bond acceptors (Lipinski definition) is 3. The fourth-order valence-electron chi connectivity index (χ4n) is 1.53. The summed E-state index contributed by atoms with van der Waals surface area (Å²) in [5.41, 5.74) is 4.12. The van der Waals surface area contributed by atoms with Gasteiger partial charge in [0.2, 0.25) is 0 Å². The Labute approximate surface area is 85.5 Å². The Morgan fingerprint density at radius 3 is 2.71 bits per heavy atom. The summed E-state index contributed by atoms with van der Waals surface area (Å²) in [6, 6.07) is 0.384. The molecule has 1 unspecified atom stereocenters. The molecule has 0 radical (unpaired) electrons. The van der Waals surface area contributed by atoms with Gasteiger partial charge in [-0.3, -0.25) is 16.0 Å². The smallest absolute Gasteiger partial charge is 0.0521 e. The first kappa shape index (κ1) is 11.2. The summed E-state index contributed by atoms with van der Waals surface area (Å²) in [5.74, 6) is 6.04. The second kappa shape index (κ2) is 5.12. The van der Waals surface area contributed by atoms with Crippen molar-refractivity contribution in [1.82, 2.24) is 15.2 Å². The highest BCUT2D eigenvalue weighted by Gasteiger charge is 2.11. The van der Waals surface area contributed by atoms with E-state index in [2.05, 4.69) is 24.4 Å². The molecule has 0 aromatic carbocycles. The van der Waals surface area contributed by atoms with Gasteiger partial charge in [-0.05, 0) is 24.3 Å². The Morgan fingerprint density at radius 1 is 1.57 bits per heavy atom. The van der Waals surface area contributed by atoms with E-state index in [0.29, 0.717) is 12.0 Å². The van der Waals surface area contributed by atoms with Crippen molar-refractivity contribution in [3.05, 3.63) is 18.0 Å². The van der Waals surface area contributed by atoms with Gasteiger partial charge in [-0.15, -0.1) is 0 Å². The van der Waals surface area contributed by atoms with E-state index in [9.17, 15) is 0 Å². The maximum Gasteiger partial charge on any atom is 0.0521 e.